The molecule has 1 nitrogen and oxygen atoms in total. The van der Waals surface area contributed by atoms with Gasteiger partial charge >= 0.3 is 0 Å². The van der Waals surface area contributed by atoms with Crippen LogP contribution < -0.4 is 0 Å². The van der Waals surface area contributed by atoms with E-state index in [2.05, 4.69) is 23.4 Å². The first kappa shape index (κ1) is 17.7. The number of aryl methyl sites for hydroxylation is 1. The average Bonchev–Trinajstić information content (AvgIpc) is 3.10. The van der Waals surface area contributed by atoms with Crippen LogP contribution in [0.15, 0.2) is 48.0 Å². The maximum absolute atomic E-state index is 14.1. The van der Waals surface area contributed by atoms with Crippen LogP contribution in [-0.2, 0) is 6.42 Å². The summed E-state index contributed by atoms with van der Waals surface area (Å²) >= 11 is 1.68. The number of halogens is 2. The third-order valence-corrected chi connectivity index (χ3v) is 5.30. The summed E-state index contributed by atoms with van der Waals surface area (Å²) in [5.41, 5.74) is 2.98. The van der Waals surface area contributed by atoms with Crippen molar-refractivity contribution < 1.29 is 8.78 Å². The second-order valence-corrected chi connectivity index (χ2v) is 7.03. The minimum atomic E-state index is -0.850. The number of benzene rings is 1. The normalized spacial score (nSPS) is 11.0. The number of hydrogen-bond donors (Lipinski definition) is 0. The number of nitrogens with zero attached hydrogens (tertiary/aromatic N) is 1. The summed E-state index contributed by atoms with van der Waals surface area (Å²) in [7, 11) is 0. The van der Waals surface area contributed by atoms with Gasteiger partial charge < -0.3 is 0 Å². The first-order valence-corrected chi connectivity index (χ1v) is 9.56. The first-order chi connectivity index (χ1) is 12.2. The lowest BCUT2D eigenvalue weighted by Gasteiger charge is -2.08. The first-order valence-electron chi connectivity index (χ1n) is 8.68. The molecule has 1 aromatic carbocycles. The van der Waals surface area contributed by atoms with Crippen molar-refractivity contribution in [3.8, 4) is 21.7 Å². The number of rotatable bonds is 7. The van der Waals surface area contributed by atoms with E-state index < -0.39 is 11.6 Å². The van der Waals surface area contributed by atoms with Crippen LogP contribution in [0, 0.1) is 11.6 Å². The SMILES string of the molecule is CCCCCCc1ccsc1-c1ccnc(-c2cccc(F)c2F)c1. The zero-order chi connectivity index (χ0) is 17.6. The van der Waals surface area contributed by atoms with Crippen LogP contribution >= 0.6 is 11.3 Å². The molecular formula is C21H21F2NS. The third-order valence-electron chi connectivity index (χ3n) is 4.30. The quantitative estimate of drug-likeness (QED) is 0.420. The van der Waals surface area contributed by atoms with Gasteiger partial charge in [-0.05, 0) is 59.7 Å². The van der Waals surface area contributed by atoms with Gasteiger partial charge in [-0.15, -0.1) is 11.3 Å². The molecule has 0 saturated carbocycles. The highest BCUT2D eigenvalue weighted by Crippen LogP contribution is 2.33. The molecule has 3 aromatic rings. The van der Waals surface area contributed by atoms with E-state index in [1.54, 1.807) is 23.6 Å². The fourth-order valence-electron chi connectivity index (χ4n) is 2.95. The van der Waals surface area contributed by atoms with E-state index in [0.717, 1.165) is 18.1 Å². The summed E-state index contributed by atoms with van der Waals surface area (Å²) in [6, 6.07) is 10.1. The molecule has 0 N–H and O–H groups in total. The Balaban J connectivity index is 1.88. The van der Waals surface area contributed by atoms with Crippen LogP contribution in [-0.4, -0.2) is 4.98 Å². The summed E-state index contributed by atoms with van der Waals surface area (Å²) in [4.78, 5) is 5.43. The van der Waals surface area contributed by atoms with Crippen LogP contribution in [0.1, 0.15) is 38.2 Å². The topological polar surface area (TPSA) is 12.9 Å². The Bertz CT molecular complexity index is 841. The highest BCUT2D eigenvalue weighted by atomic mass is 32.1. The Morgan fingerprint density at radius 3 is 2.76 bits per heavy atom. The Kier molecular flexibility index (Phi) is 5.92. The maximum atomic E-state index is 14.1. The van der Waals surface area contributed by atoms with Gasteiger partial charge in [0.15, 0.2) is 11.6 Å². The number of aromatic nitrogens is 1. The number of thiophene rings is 1. The fraction of sp³-hybridized carbons (Fsp3) is 0.286. The van der Waals surface area contributed by atoms with Crippen molar-refractivity contribution in [1.82, 2.24) is 4.98 Å². The van der Waals surface area contributed by atoms with Gasteiger partial charge in [0, 0.05) is 16.6 Å². The molecule has 2 aromatic heterocycles. The van der Waals surface area contributed by atoms with Crippen LogP contribution in [0.25, 0.3) is 21.7 Å². The molecule has 0 amide bonds. The zero-order valence-electron chi connectivity index (χ0n) is 14.3. The van der Waals surface area contributed by atoms with Crippen LogP contribution in [0.3, 0.4) is 0 Å². The van der Waals surface area contributed by atoms with Crippen LogP contribution in [0.4, 0.5) is 8.78 Å². The number of unbranched alkanes of at least 4 members (excludes halogenated alkanes) is 3. The molecular weight excluding hydrogens is 336 g/mol. The molecule has 0 unspecified atom stereocenters. The van der Waals surface area contributed by atoms with Crippen molar-refractivity contribution in [2.75, 3.05) is 0 Å². The summed E-state index contributed by atoms with van der Waals surface area (Å²) in [6.45, 7) is 2.21. The Labute approximate surface area is 151 Å². The average molecular weight is 357 g/mol. The lowest BCUT2D eigenvalue weighted by molar-refractivity contribution is 0.511. The highest BCUT2D eigenvalue weighted by molar-refractivity contribution is 7.13. The molecule has 0 spiro atoms. The van der Waals surface area contributed by atoms with Crippen molar-refractivity contribution in [3.05, 3.63) is 65.2 Å². The standard InChI is InChI=1S/C21H21F2NS/c1-2-3-4-5-7-15-11-13-25-21(15)16-10-12-24-19(14-16)17-8-6-9-18(22)20(17)23/h6,8-14H,2-5,7H2,1H3. The minimum absolute atomic E-state index is 0.197. The van der Waals surface area contributed by atoms with Gasteiger partial charge in [-0.2, -0.15) is 0 Å². The van der Waals surface area contributed by atoms with Crippen molar-refractivity contribution in [1.29, 1.82) is 0 Å². The van der Waals surface area contributed by atoms with E-state index in [0.29, 0.717) is 5.69 Å². The van der Waals surface area contributed by atoms with Gasteiger partial charge in [0.2, 0.25) is 0 Å². The molecule has 0 fully saturated rings. The summed E-state index contributed by atoms with van der Waals surface area (Å²) in [6.07, 6.45) is 7.61. The minimum Gasteiger partial charge on any atom is -0.256 e. The number of pyridine rings is 1. The molecule has 4 heteroatoms. The van der Waals surface area contributed by atoms with Crippen molar-refractivity contribution in [3.63, 3.8) is 0 Å². The molecule has 0 atom stereocenters. The van der Waals surface area contributed by atoms with Crippen molar-refractivity contribution in [2.45, 2.75) is 39.0 Å². The zero-order valence-corrected chi connectivity index (χ0v) is 15.1. The van der Waals surface area contributed by atoms with Gasteiger partial charge in [-0.3, -0.25) is 4.98 Å². The second kappa shape index (κ2) is 8.34. The summed E-state index contributed by atoms with van der Waals surface area (Å²) in [5, 5.41) is 2.09. The molecule has 2 heterocycles. The fourth-order valence-corrected chi connectivity index (χ4v) is 3.90. The van der Waals surface area contributed by atoms with Gasteiger partial charge in [-0.25, -0.2) is 8.78 Å². The Morgan fingerprint density at radius 2 is 1.92 bits per heavy atom. The third kappa shape index (κ3) is 4.13. The number of hydrogen-bond acceptors (Lipinski definition) is 2. The second-order valence-electron chi connectivity index (χ2n) is 6.12. The van der Waals surface area contributed by atoms with E-state index in [-0.39, 0.29) is 5.56 Å². The Hall–Kier alpha value is -2.07. The van der Waals surface area contributed by atoms with E-state index in [1.807, 2.05) is 12.1 Å². The molecule has 0 radical (unpaired) electrons. The Morgan fingerprint density at radius 1 is 1.04 bits per heavy atom. The van der Waals surface area contributed by atoms with Gasteiger partial charge in [0.05, 0.1) is 5.69 Å². The molecule has 0 bridgehead atoms. The largest absolute Gasteiger partial charge is 0.256 e. The molecule has 0 aliphatic heterocycles. The van der Waals surface area contributed by atoms with Crippen molar-refractivity contribution in [2.24, 2.45) is 0 Å². The maximum Gasteiger partial charge on any atom is 0.168 e. The van der Waals surface area contributed by atoms with Gasteiger partial charge in [0.25, 0.3) is 0 Å². The van der Waals surface area contributed by atoms with Crippen LogP contribution in [0.5, 0.6) is 0 Å². The van der Waals surface area contributed by atoms with E-state index in [4.69, 9.17) is 0 Å². The lowest BCUT2D eigenvalue weighted by Crippen LogP contribution is -1.92. The van der Waals surface area contributed by atoms with E-state index in [9.17, 15) is 8.78 Å². The van der Waals surface area contributed by atoms with Crippen LogP contribution in [0.2, 0.25) is 0 Å². The van der Waals surface area contributed by atoms with Gasteiger partial charge in [0.1, 0.15) is 0 Å². The predicted molar refractivity (Wildman–Crippen MR) is 101 cm³/mol. The molecule has 0 aliphatic carbocycles. The summed E-state index contributed by atoms with van der Waals surface area (Å²) in [5.74, 6) is -1.70. The molecule has 25 heavy (non-hydrogen) atoms. The molecule has 0 aliphatic rings. The van der Waals surface area contributed by atoms with Gasteiger partial charge in [-0.1, -0.05) is 32.3 Å². The van der Waals surface area contributed by atoms with E-state index in [1.165, 1.54) is 42.2 Å². The smallest absolute Gasteiger partial charge is 0.168 e. The highest BCUT2D eigenvalue weighted by Gasteiger charge is 2.13. The summed E-state index contributed by atoms with van der Waals surface area (Å²) < 4.78 is 27.6. The van der Waals surface area contributed by atoms with Crippen molar-refractivity contribution >= 4 is 11.3 Å². The monoisotopic (exact) mass is 357 g/mol. The molecule has 130 valence electrons. The molecule has 3 rings (SSSR count). The lowest BCUT2D eigenvalue weighted by atomic mass is 10.0. The predicted octanol–water partition coefficient (Wildman–Crippen LogP) is 6.88. The molecule has 0 saturated heterocycles. The van der Waals surface area contributed by atoms with E-state index >= 15 is 0 Å².